The molecule has 4 rings (SSSR count). The van der Waals surface area contributed by atoms with Gasteiger partial charge in [0.1, 0.15) is 18.7 Å². The normalized spacial score (nSPS) is 10.8. The maximum absolute atomic E-state index is 13.6. The molecule has 140 valence electrons. The molecular weight excluding hydrogens is 363 g/mol. The van der Waals surface area contributed by atoms with Gasteiger partial charge in [-0.1, -0.05) is 18.2 Å². The number of halogens is 1. The molecule has 0 saturated heterocycles. The van der Waals surface area contributed by atoms with E-state index in [1.807, 2.05) is 12.1 Å². The van der Waals surface area contributed by atoms with Crippen LogP contribution in [0.1, 0.15) is 16.1 Å². The van der Waals surface area contributed by atoms with Crippen LogP contribution < -0.4 is 15.5 Å². The summed E-state index contributed by atoms with van der Waals surface area (Å²) < 4.78 is 24.2. The number of carbonyl (C=O) groups excluding carboxylic acids is 1. The summed E-state index contributed by atoms with van der Waals surface area (Å²) in [6, 6.07) is 14.4. The molecule has 0 aliphatic rings. The van der Waals surface area contributed by atoms with Gasteiger partial charge in [-0.25, -0.2) is 4.39 Å². The number of fused-ring (bicyclic) bond motifs is 1. The molecule has 6 nitrogen and oxygen atoms in total. The average molecular weight is 378 g/mol. The first kappa shape index (κ1) is 17.5. The van der Waals surface area contributed by atoms with Crippen molar-refractivity contribution < 1.29 is 18.3 Å². The van der Waals surface area contributed by atoms with Crippen molar-refractivity contribution in [2.24, 2.45) is 0 Å². The highest BCUT2D eigenvalue weighted by molar-refractivity contribution is 6.03. The van der Waals surface area contributed by atoms with Crippen molar-refractivity contribution in [3.05, 3.63) is 94.4 Å². The van der Waals surface area contributed by atoms with Crippen molar-refractivity contribution in [1.82, 2.24) is 4.98 Å². The molecule has 0 spiro atoms. The molecule has 0 aliphatic heterocycles. The van der Waals surface area contributed by atoms with E-state index in [4.69, 9.17) is 9.15 Å². The lowest BCUT2D eigenvalue weighted by Crippen LogP contribution is -2.15. The first-order valence-electron chi connectivity index (χ1n) is 8.48. The van der Waals surface area contributed by atoms with E-state index < -0.39 is 17.2 Å². The van der Waals surface area contributed by atoms with Gasteiger partial charge in [0, 0.05) is 34.4 Å². The van der Waals surface area contributed by atoms with Gasteiger partial charge in [-0.2, -0.15) is 0 Å². The van der Waals surface area contributed by atoms with Crippen LogP contribution in [0.25, 0.3) is 10.9 Å². The Morgan fingerprint density at radius 2 is 2.00 bits per heavy atom. The number of hydrogen-bond donors (Lipinski definition) is 2. The molecule has 0 radical (unpaired) electrons. The second-order valence-corrected chi connectivity index (χ2v) is 6.09. The van der Waals surface area contributed by atoms with Crippen molar-refractivity contribution in [3.63, 3.8) is 0 Å². The zero-order valence-electron chi connectivity index (χ0n) is 14.6. The number of anilines is 1. The van der Waals surface area contributed by atoms with Gasteiger partial charge in [0.05, 0.1) is 0 Å². The lowest BCUT2D eigenvalue weighted by atomic mass is 10.2. The van der Waals surface area contributed by atoms with E-state index in [2.05, 4.69) is 10.3 Å². The van der Waals surface area contributed by atoms with E-state index in [1.165, 1.54) is 6.07 Å². The topological polar surface area (TPSA) is 84.3 Å². The number of aromatic amines is 1. The molecular formula is C21H15FN2O4. The highest BCUT2D eigenvalue weighted by Crippen LogP contribution is 2.19. The van der Waals surface area contributed by atoms with E-state index in [0.717, 1.165) is 23.2 Å². The van der Waals surface area contributed by atoms with Crippen LogP contribution in [0, 0.1) is 5.82 Å². The first-order valence-corrected chi connectivity index (χ1v) is 8.48. The van der Waals surface area contributed by atoms with Gasteiger partial charge in [-0.05, 0) is 30.3 Å². The highest BCUT2D eigenvalue weighted by atomic mass is 19.1. The van der Waals surface area contributed by atoms with E-state index in [-0.39, 0.29) is 18.1 Å². The van der Waals surface area contributed by atoms with E-state index >= 15 is 0 Å². The zero-order valence-corrected chi connectivity index (χ0v) is 14.6. The predicted octanol–water partition coefficient (Wildman–Crippen LogP) is 4.09. The van der Waals surface area contributed by atoms with Gasteiger partial charge in [-0.3, -0.25) is 9.59 Å². The predicted molar refractivity (Wildman–Crippen MR) is 102 cm³/mol. The molecule has 2 aromatic carbocycles. The number of rotatable bonds is 5. The first-order chi connectivity index (χ1) is 13.6. The summed E-state index contributed by atoms with van der Waals surface area (Å²) in [7, 11) is 0. The molecule has 2 N–H and O–H groups in total. The van der Waals surface area contributed by atoms with Gasteiger partial charge in [0.25, 0.3) is 5.91 Å². The fourth-order valence-corrected chi connectivity index (χ4v) is 2.72. The molecule has 4 aromatic rings. The van der Waals surface area contributed by atoms with Crippen LogP contribution in [-0.2, 0) is 6.61 Å². The summed E-state index contributed by atoms with van der Waals surface area (Å²) in [5.74, 6) is -1.25. The highest BCUT2D eigenvalue weighted by Gasteiger charge is 2.13. The number of amides is 1. The number of ether oxygens (including phenoxy) is 1. The zero-order chi connectivity index (χ0) is 19.5. The molecule has 28 heavy (non-hydrogen) atoms. The van der Waals surface area contributed by atoms with Crippen LogP contribution in [0.15, 0.2) is 76.3 Å². The maximum atomic E-state index is 13.6. The minimum absolute atomic E-state index is 0.103. The minimum atomic E-state index is -0.562. The summed E-state index contributed by atoms with van der Waals surface area (Å²) >= 11 is 0. The Balaban J connectivity index is 1.46. The Labute approximate surface area is 158 Å². The molecule has 0 saturated carbocycles. The lowest BCUT2D eigenvalue weighted by Gasteiger charge is -2.07. The Morgan fingerprint density at radius 1 is 1.14 bits per heavy atom. The van der Waals surface area contributed by atoms with Crippen LogP contribution in [-0.4, -0.2) is 10.9 Å². The second kappa shape index (κ2) is 7.40. The van der Waals surface area contributed by atoms with Crippen molar-refractivity contribution in [2.45, 2.75) is 6.61 Å². The number of hydrogen-bond acceptors (Lipinski definition) is 4. The number of benzene rings is 2. The summed E-state index contributed by atoms with van der Waals surface area (Å²) in [6.45, 7) is -0.125. The molecule has 2 heterocycles. The van der Waals surface area contributed by atoms with Crippen LogP contribution in [0.5, 0.6) is 5.75 Å². The fraction of sp³-hybridized carbons (Fsp3) is 0.0476. The summed E-state index contributed by atoms with van der Waals surface area (Å²) in [6.07, 6.45) is 2.85. The number of H-pyrrole nitrogens is 1. The number of aromatic nitrogens is 1. The van der Waals surface area contributed by atoms with Crippen molar-refractivity contribution >= 4 is 22.5 Å². The van der Waals surface area contributed by atoms with E-state index in [1.54, 1.807) is 36.5 Å². The Kier molecular flexibility index (Phi) is 4.63. The molecule has 0 unspecified atom stereocenters. The minimum Gasteiger partial charge on any atom is -0.482 e. The van der Waals surface area contributed by atoms with Gasteiger partial charge in [0.2, 0.25) is 11.2 Å². The summed E-state index contributed by atoms with van der Waals surface area (Å²) in [5, 5.41) is 3.62. The quantitative estimate of drug-likeness (QED) is 0.548. The Bertz CT molecular complexity index is 1210. The molecule has 2 aromatic heterocycles. The van der Waals surface area contributed by atoms with E-state index in [9.17, 15) is 14.0 Å². The van der Waals surface area contributed by atoms with Crippen LogP contribution in [0.4, 0.5) is 10.1 Å². The third-order valence-electron chi connectivity index (χ3n) is 4.17. The largest absolute Gasteiger partial charge is 0.482 e. The van der Waals surface area contributed by atoms with Gasteiger partial charge >= 0.3 is 0 Å². The summed E-state index contributed by atoms with van der Waals surface area (Å²) in [5.41, 5.74) is 1.29. The van der Waals surface area contributed by atoms with Gasteiger partial charge < -0.3 is 19.5 Å². The Hall–Kier alpha value is -3.87. The van der Waals surface area contributed by atoms with Gasteiger partial charge in [-0.15, -0.1) is 0 Å². The maximum Gasteiger partial charge on any atom is 0.291 e. The number of carbonyl (C=O) groups is 1. The molecule has 0 fully saturated rings. The van der Waals surface area contributed by atoms with Crippen LogP contribution in [0.2, 0.25) is 0 Å². The molecule has 0 bridgehead atoms. The average Bonchev–Trinajstić information content (AvgIpc) is 3.16. The molecule has 0 aliphatic carbocycles. The molecule has 1 amide bonds. The molecule has 0 atom stereocenters. The summed E-state index contributed by atoms with van der Waals surface area (Å²) in [4.78, 5) is 27.6. The van der Waals surface area contributed by atoms with Crippen molar-refractivity contribution in [2.75, 3.05) is 5.32 Å². The SMILES string of the molecule is O=C(Nc1ccc2[nH]ccc2c1)c1cc(=O)c(OCc2ccccc2F)co1. The smallest absolute Gasteiger partial charge is 0.291 e. The molecule has 7 heteroatoms. The van der Waals surface area contributed by atoms with Crippen molar-refractivity contribution in [3.8, 4) is 5.75 Å². The second-order valence-electron chi connectivity index (χ2n) is 6.09. The number of nitrogens with one attached hydrogen (secondary N) is 2. The lowest BCUT2D eigenvalue weighted by molar-refractivity contribution is 0.0993. The van der Waals surface area contributed by atoms with Crippen molar-refractivity contribution in [1.29, 1.82) is 0 Å². The van der Waals surface area contributed by atoms with E-state index in [0.29, 0.717) is 11.3 Å². The Morgan fingerprint density at radius 3 is 2.82 bits per heavy atom. The monoisotopic (exact) mass is 378 g/mol. The standard InChI is InChI=1S/C21H15FN2O4/c22-16-4-2-1-3-14(16)11-27-20-12-28-19(10-18(20)25)21(26)24-15-5-6-17-13(9-15)7-8-23-17/h1-10,12,23H,11H2,(H,24,26). The fourth-order valence-electron chi connectivity index (χ4n) is 2.72. The van der Waals surface area contributed by atoms with Gasteiger partial charge in [0.15, 0.2) is 5.76 Å². The third kappa shape index (κ3) is 3.64. The van der Waals surface area contributed by atoms with Crippen LogP contribution >= 0.6 is 0 Å². The van der Waals surface area contributed by atoms with Crippen LogP contribution in [0.3, 0.4) is 0 Å². The third-order valence-corrected chi connectivity index (χ3v) is 4.17.